The van der Waals surface area contributed by atoms with Crippen LogP contribution in [0, 0.1) is 44.1 Å². The summed E-state index contributed by atoms with van der Waals surface area (Å²) < 4.78 is 0. The number of aliphatic hydroxyl groups is 1. The first-order chi connectivity index (χ1) is 6.77. The molecule has 0 aliphatic heterocycles. The van der Waals surface area contributed by atoms with Gasteiger partial charge in [-0.1, -0.05) is 30.3 Å². The smallest absolute Gasteiger partial charge is 0.113 e. The third kappa shape index (κ3) is 3.29. The number of rotatable bonds is 2. The van der Waals surface area contributed by atoms with Gasteiger partial charge in [0.2, 0.25) is 0 Å². The zero-order valence-corrected chi connectivity index (χ0v) is 13.6. The third-order valence-corrected chi connectivity index (χ3v) is 2.96. The second kappa shape index (κ2) is 6.01. The number of hydrogen-bond acceptors (Lipinski definition) is 2. The van der Waals surface area contributed by atoms with Crippen LogP contribution in [0.25, 0.3) is 5.73 Å². The molecule has 1 heterocycles. The summed E-state index contributed by atoms with van der Waals surface area (Å²) in [5, 5.41) is 11.9. The van der Waals surface area contributed by atoms with Gasteiger partial charge in [0.05, 0.1) is 0 Å². The fourth-order valence-corrected chi connectivity index (χ4v) is 2.01. The molecular weight excluding hydrogens is 421 g/mol. The third-order valence-electron chi connectivity index (χ3n) is 2.04. The van der Waals surface area contributed by atoms with Crippen LogP contribution in [0.1, 0.15) is 16.5 Å². The summed E-state index contributed by atoms with van der Waals surface area (Å²) in [4.78, 5) is 0.933. The van der Waals surface area contributed by atoms with E-state index in [4.69, 9.17) is 5.73 Å². The SMILES string of the molecule is [Ac].[NH-]c1ccc(C(O)c2cccs2)cc1. The Bertz CT molecular complexity index is 399. The molecule has 0 saturated heterocycles. The zero-order chi connectivity index (χ0) is 9.97. The Labute approximate surface area is 129 Å². The van der Waals surface area contributed by atoms with Gasteiger partial charge in [-0.25, -0.2) is 0 Å². The summed E-state index contributed by atoms with van der Waals surface area (Å²) in [6.07, 6.45) is -0.560. The molecule has 1 aromatic carbocycles. The summed E-state index contributed by atoms with van der Waals surface area (Å²) in [5.41, 5.74) is 8.63. The normalized spacial score (nSPS) is 11.8. The maximum atomic E-state index is 9.92. The fourth-order valence-electron chi connectivity index (χ4n) is 1.28. The molecule has 2 N–H and O–H groups in total. The van der Waals surface area contributed by atoms with Gasteiger partial charge in [0.15, 0.2) is 0 Å². The van der Waals surface area contributed by atoms with Crippen molar-refractivity contribution in [3.05, 3.63) is 58.0 Å². The van der Waals surface area contributed by atoms with Crippen LogP contribution in [-0.4, -0.2) is 5.11 Å². The van der Waals surface area contributed by atoms with E-state index in [-0.39, 0.29) is 44.1 Å². The van der Waals surface area contributed by atoms with E-state index in [0.717, 1.165) is 10.4 Å². The summed E-state index contributed by atoms with van der Waals surface area (Å²) in [5.74, 6) is 0. The van der Waals surface area contributed by atoms with Crippen molar-refractivity contribution in [2.75, 3.05) is 0 Å². The van der Waals surface area contributed by atoms with Crippen molar-refractivity contribution in [1.82, 2.24) is 0 Å². The van der Waals surface area contributed by atoms with E-state index in [1.54, 1.807) is 24.3 Å². The molecule has 0 saturated carbocycles. The minimum absolute atomic E-state index is 0. The van der Waals surface area contributed by atoms with Crippen LogP contribution in [0.15, 0.2) is 41.8 Å². The van der Waals surface area contributed by atoms with Crippen LogP contribution in [-0.2, 0) is 0 Å². The van der Waals surface area contributed by atoms with Crippen molar-refractivity contribution >= 4 is 17.0 Å². The van der Waals surface area contributed by atoms with Gasteiger partial charge in [-0.15, -0.1) is 17.0 Å². The standard InChI is InChI=1S/C11H10NOS.Ac/c12-9-5-3-8(4-6-9)11(13)10-2-1-7-14-10;/h1-7,11-13H;/q-1;. The van der Waals surface area contributed by atoms with Crippen molar-refractivity contribution < 1.29 is 49.2 Å². The first kappa shape index (κ1) is 13.2. The quantitative estimate of drug-likeness (QED) is 0.778. The second-order valence-corrected chi connectivity index (χ2v) is 4.02. The molecule has 0 fully saturated rings. The van der Waals surface area contributed by atoms with Gasteiger partial charge in [0.25, 0.3) is 0 Å². The second-order valence-electron chi connectivity index (χ2n) is 3.04. The van der Waals surface area contributed by atoms with Gasteiger partial charge in [0.1, 0.15) is 6.10 Å². The first-order valence-electron chi connectivity index (χ1n) is 4.30. The molecule has 0 bridgehead atoms. The molecule has 75 valence electrons. The van der Waals surface area contributed by atoms with Crippen molar-refractivity contribution in [2.45, 2.75) is 6.10 Å². The Morgan fingerprint density at radius 2 is 1.80 bits per heavy atom. The van der Waals surface area contributed by atoms with E-state index in [1.807, 2.05) is 17.5 Å². The molecular formula is C11H10AcNOS-. The van der Waals surface area contributed by atoms with Crippen LogP contribution in [0.4, 0.5) is 5.69 Å². The monoisotopic (exact) mass is 431 g/mol. The molecule has 0 spiro atoms. The molecule has 1 atom stereocenters. The van der Waals surface area contributed by atoms with Crippen molar-refractivity contribution in [1.29, 1.82) is 0 Å². The Balaban J connectivity index is 0.00000112. The molecule has 0 aliphatic carbocycles. The summed E-state index contributed by atoms with van der Waals surface area (Å²) in [7, 11) is 0. The molecule has 0 aliphatic rings. The van der Waals surface area contributed by atoms with Crippen molar-refractivity contribution in [3.8, 4) is 0 Å². The number of thiophene rings is 1. The number of nitrogens with one attached hydrogen (secondary N) is 1. The molecule has 2 nitrogen and oxygen atoms in total. The van der Waals surface area contributed by atoms with Crippen LogP contribution in [0.5, 0.6) is 0 Å². The molecule has 2 rings (SSSR count). The van der Waals surface area contributed by atoms with E-state index in [9.17, 15) is 5.11 Å². The molecule has 4 heteroatoms. The topological polar surface area (TPSA) is 44.0 Å². The largest absolute Gasteiger partial charge is 0.699 e. The average molecular weight is 431 g/mol. The molecule has 1 radical (unpaired) electrons. The Morgan fingerprint density at radius 1 is 1.13 bits per heavy atom. The predicted octanol–water partition coefficient (Wildman–Crippen LogP) is 3.51. The molecule has 1 aromatic heterocycles. The number of benzene rings is 1. The van der Waals surface area contributed by atoms with Crippen molar-refractivity contribution in [2.24, 2.45) is 0 Å². The van der Waals surface area contributed by atoms with Gasteiger partial charge in [0, 0.05) is 48.9 Å². The molecule has 2 aromatic rings. The molecule has 1 unspecified atom stereocenters. The van der Waals surface area contributed by atoms with E-state index < -0.39 is 6.10 Å². The van der Waals surface area contributed by atoms with E-state index in [2.05, 4.69) is 0 Å². The summed E-state index contributed by atoms with van der Waals surface area (Å²) in [6.45, 7) is 0. The van der Waals surface area contributed by atoms with Gasteiger partial charge >= 0.3 is 0 Å². The predicted molar refractivity (Wildman–Crippen MR) is 58.8 cm³/mol. The minimum atomic E-state index is -0.560. The van der Waals surface area contributed by atoms with E-state index >= 15 is 0 Å². The van der Waals surface area contributed by atoms with Gasteiger partial charge < -0.3 is 10.8 Å². The van der Waals surface area contributed by atoms with Crippen LogP contribution < -0.4 is 0 Å². The zero-order valence-electron chi connectivity index (χ0n) is 8.05. The van der Waals surface area contributed by atoms with Crippen LogP contribution in [0.2, 0.25) is 0 Å². The summed E-state index contributed by atoms with van der Waals surface area (Å²) in [6, 6.07) is 10.8. The molecule has 0 amide bonds. The Kier molecular flexibility index (Phi) is 5.28. The van der Waals surface area contributed by atoms with Gasteiger partial charge in [-0.3, -0.25) is 0 Å². The first-order valence-corrected chi connectivity index (χ1v) is 5.18. The van der Waals surface area contributed by atoms with E-state index in [0.29, 0.717) is 5.69 Å². The Hall–Kier alpha value is 0.122. The van der Waals surface area contributed by atoms with Crippen LogP contribution >= 0.6 is 11.3 Å². The summed E-state index contributed by atoms with van der Waals surface area (Å²) >= 11 is 1.53. The average Bonchev–Trinajstić information content (AvgIpc) is 2.71. The number of hydrogen-bond donors (Lipinski definition) is 1. The van der Waals surface area contributed by atoms with Gasteiger partial charge in [-0.05, 0) is 17.0 Å². The number of aliphatic hydroxyl groups excluding tert-OH is 1. The molecule has 15 heavy (non-hydrogen) atoms. The Morgan fingerprint density at radius 3 is 2.33 bits per heavy atom. The van der Waals surface area contributed by atoms with Crippen LogP contribution in [0.3, 0.4) is 0 Å². The van der Waals surface area contributed by atoms with Gasteiger partial charge in [-0.2, -0.15) is 0 Å². The minimum Gasteiger partial charge on any atom is -0.699 e. The maximum Gasteiger partial charge on any atom is 0.113 e. The fraction of sp³-hybridized carbons (Fsp3) is 0.0909. The van der Waals surface area contributed by atoms with E-state index in [1.165, 1.54) is 11.3 Å². The van der Waals surface area contributed by atoms with Crippen molar-refractivity contribution in [3.63, 3.8) is 0 Å². The maximum absolute atomic E-state index is 9.92.